The number of carbonyl (C=O) groups is 1. The van der Waals surface area contributed by atoms with Gasteiger partial charge in [-0.15, -0.1) is 0 Å². The maximum Gasteiger partial charge on any atom is 0.433 e. The summed E-state index contributed by atoms with van der Waals surface area (Å²) in [7, 11) is 0. The normalized spacial score (nSPS) is 13.0. The zero-order chi connectivity index (χ0) is 24.4. The van der Waals surface area contributed by atoms with Gasteiger partial charge < -0.3 is 5.32 Å². The van der Waals surface area contributed by atoms with Crippen molar-refractivity contribution < 1.29 is 35.5 Å². The number of halogens is 8. The van der Waals surface area contributed by atoms with E-state index in [0.29, 0.717) is 11.1 Å². The first-order valence-corrected chi connectivity index (χ1v) is 9.67. The molecule has 0 aliphatic carbocycles. The Hall–Kier alpha value is -3.14. The Morgan fingerprint density at radius 3 is 2.18 bits per heavy atom. The van der Waals surface area contributed by atoms with Crippen LogP contribution >= 0.6 is 11.6 Å². The van der Waals surface area contributed by atoms with Gasteiger partial charge in [0.25, 0.3) is 5.91 Å². The molecule has 0 spiro atoms. The molecule has 1 amide bonds. The number of pyridine rings is 1. The fourth-order valence-electron chi connectivity index (χ4n) is 3.01. The van der Waals surface area contributed by atoms with E-state index in [9.17, 15) is 35.5 Å². The van der Waals surface area contributed by atoms with E-state index < -0.39 is 47.8 Å². The summed E-state index contributed by atoms with van der Waals surface area (Å²) in [6.45, 7) is -0.647. The molecule has 3 rings (SSSR count). The quantitative estimate of drug-likeness (QED) is 0.396. The van der Waals surface area contributed by atoms with Crippen LogP contribution in [0.5, 0.6) is 0 Å². The van der Waals surface area contributed by atoms with Crippen LogP contribution in [0.25, 0.3) is 11.1 Å². The molecule has 1 heterocycles. The summed E-state index contributed by atoms with van der Waals surface area (Å²) >= 11 is 6.09. The molecule has 1 atom stereocenters. The minimum Gasteiger partial charge on any atom is -0.349 e. The molecular weight excluding hydrogens is 477 g/mol. The van der Waals surface area contributed by atoms with E-state index in [4.69, 9.17) is 11.6 Å². The van der Waals surface area contributed by atoms with Gasteiger partial charge in [0.1, 0.15) is 11.9 Å². The Morgan fingerprint density at radius 1 is 0.939 bits per heavy atom. The second-order valence-corrected chi connectivity index (χ2v) is 7.29. The maximum absolute atomic E-state index is 14.7. The smallest absolute Gasteiger partial charge is 0.349 e. The molecule has 3 aromatic rings. The molecule has 1 N–H and O–H groups in total. The first-order valence-electron chi connectivity index (χ1n) is 9.29. The number of alkyl halides is 7. The Kier molecular flexibility index (Phi) is 6.97. The lowest BCUT2D eigenvalue weighted by Gasteiger charge is -2.15. The van der Waals surface area contributed by atoms with E-state index in [1.807, 2.05) is 0 Å². The van der Waals surface area contributed by atoms with Crippen LogP contribution in [-0.2, 0) is 12.4 Å². The molecule has 0 aliphatic heterocycles. The fourth-order valence-corrected chi connectivity index (χ4v) is 3.31. The number of amides is 1. The minimum atomic E-state index is -4.75. The lowest BCUT2D eigenvalue weighted by atomic mass is 10.0. The number of benzene rings is 2. The lowest BCUT2D eigenvalue weighted by molar-refractivity contribution is -0.141. The number of hydrogen-bond acceptors (Lipinski definition) is 2. The molecule has 11 heteroatoms. The van der Waals surface area contributed by atoms with Gasteiger partial charge in [-0.1, -0.05) is 41.9 Å². The van der Waals surface area contributed by atoms with Crippen molar-refractivity contribution >= 4 is 17.5 Å². The summed E-state index contributed by atoms with van der Waals surface area (Å²) < 4.78 is 91.7. The van der Waals surface area contributed by atoms with Crippen LogP contribution in [0.1, 0.15) is 33.4 Å². The highest BCUT2D eigenvalue weighted by Crippen LogP contribution is 2.34. The molecule has 0 saturated carbocycles. The largest absolute Gasteiger partial charge is 0.433 e. The third-order valence-electron chi connectivity index (χ3n) is 4.64. The number of rotatable bonds is 5. The van der Waals surface area contributed by atoms with Crippen molar-refractivity contribution in [2.24, 2.45) is 0 Å². The molecule has 3 nitrogen and oxygen atoms in total. The van der Waals surface area contributed by atoms with Gasteiger partial charge in [-0.3, -0.25) is 9.78 Å². The topological polar surface area (TPSA) is 42.0 Å². The molecule has 33 heavy (non-hydrogen) atoms. The molecule has 1 unspecified atom stereocenters. The van der Waals surface area contributed by atoms with E-state index in [-0.39, 0.29) is 10.6 Å². The number of aromatic nitrogens is 1. The molecule has 0 fully saturated rings. The summed E-state index contributed by atoms with van der Waals surface area (Å²) in [6, 6.07) is 10.1. The first-order chi connectivity index (χ1) is 15.4. The fraction of sp³-hybridized carbons (Fsp3) is 0.182. The Balaban J connectivity index is 1.72. The van der Waals surface area contributed by atoms with Gasteiger partial charge in [-0.2, -0.15) is 26.3 Å². The molecule has 1 aromatic heterocycles. The van der Waals surface area contributed by atoms with Crippen LogP contribution in [0.15, 0.2) is 60.8 Å². The monoisotopic (exact) mass is 490 g/mol. The molecule has 0 aliphatic rings. The van der Waals surface area contributed by atoms with Crippen molar-refractivity contribution in [3.05, 3.63) is 88.2 Å². The van der Waals surface area contributed by atoms with Crippen molar-refractivity contribution in [1.29, 1.82) is 0 Å². The number of carbonyl (C=O) groups excluding carboxylic acids is 1. The predicted molar refractivity (Wildman–Crippen MR) is 107 cm³/mol. The number of nitrogens with one attached hydrogen (secondary N) is 1. The minimum absolute atomic E-state index is 0.0512. The van der Waals surface area contributed by atoms with E-state index in [1.165, 1.54) is 30.3 Å². The molecule has 0 saturated heterocycles. The summed E-state index contributed by atoms with van der Waals surface area (Å²) in [5, 5.41) is 2.04. The van der Waals surface area contributed by atoms with E-state index in [0.717, 1.165) is 30.5 Å². The van der Waals surface area contributed by atoms with Crippen LogP contribution in [0.4, 0.5) is 30.7 Å². The third kappa shape index (κ3) is 5.81. The summed E-state index contributed by atoms with van der Waals surface area (Å²) in [4.78, 5) is 15.5. The summed E-state index contributed by atoms with van der Waals surface area (Å²) in [5.74, 6) is -1.10. The van der Waals surface area contributed by atoms with E-state index in [2.05, 4.69) is 10.3 Å². The molecule has 0 bridgehead atoms. The van der Waals surface area contributed by atoms with Gasteiger partial charge >= 0.3 is 12.4 Å². The zero-order valence-electron chi connectivity index (χ0n) is 16.4. The molecule has 174 valence electrons. The van der Waals surface area contributed by atoms with Gasteiger partial charge in [0, 0.05) is 22.3 Å². The Bertz CT molecular complexity index is 1140. The van der Waals surface area contributed by atoms with Crippen molar-refractivity contribution in [3.63, 3.8) is 0 Å². The number of hydrogen-bond donors (Lipinski definition) is 1. The molecule has 0 radical (unpaired) electrons. The van der Waals surface area contributed by atoms with Crippen LogP contribution in [-0.4, -0.2) is 17.4 Å². The average Bonchev–Trinajstić information content (AvgIpc) is 2.76. The van der Waals surface area contributed by atoms with Crippen LogP contribution < -0.4 is 5.32 Å². The maximum atomic E-state index is 14.7. The predicted octanol–water partition coefficient (Wildman–Crippen LogP) is 6.88. The van der Waals surface area contributed by atoms with Crippen molar-refractivity contribution in [2.75, 3.05) is 6.54 Å². The highest BCUT2D eigenvalue weighted by Gasteiger charge is 2.35. The van der Waals surface area contributed by atoms with Crippen LogP contribution in [0.3, 0.4) is 0 Å². The Labute approximate surface area is 188 Å². The van der Waals surface area contributed by atoms with Crippen molar-refractivity contribution in [2.45, 2.75) is 18.5 Å². The highest BCUT2D eigenvalue weighted by molar-refractivity contribution is 6.31. The molecule has 2 aromatic carbocycles. The highest BCUT2D eigenvalue weighted by atomic mass is 35.5. The van der Waals surface area contributed by atoms with Crippen LogP contribution in [0.2, 0.25) is 5.02 Å². The van der Waals surface area contributed by atoms with Gasteiger partial charge in [0.2, 0.25) is 0 Å². The van der Waals surface area contributed by atoms with Gasteiger partial charge in [-0.05, 0) is 29.8 Å². The van der Waals surface area contributed by atoms with Crippen LogP contribution in [0, 0.1) is 0 Å². The second kappa shape index (κ2) is 9.38. The summed E-state index contributed by atoms with van der Waals surface area (Å²) in [5.41, 5.74) is -2.23. The standard InChI is InChI=1S/C22H14ClF7N2O/c23-17-9-12(13-6-8-19(31-10-13)22(28,29)30)5-7-15(17)18(24)11-32-20(33)14-3-1-2-4-16(14)21(25,26)27/h1-10,18H,11H2,(H,32,33). The Morgan fingerprint density at radius 2 is 1.61 bits per heavy atom. The van der Waals surface area contributed by atoms with Gasteiger partial charge in [-0.25, -0.2) is 4.39 Å². The van der Waals surface area contributed by atoms with Crippen molar-refractivity contribution in [1.82, 2.24) is 10.3 Å². The first kappa shape index (κ1) is 24.5. The van der Waals surface area contributed by atoms with Gasteiger partial charge in [0.15, 0.2) is 0 Å². The van der Waals surface area contributed by atoms with Crippen molar-refractivity contribution in [3.8, 4) is 11.1 Å². The van der Waals surface area contributed by atoms with E-state index >= 15 is 0 Å². The lowest BCUT2D eigenvalue weighted by Crippen LogP contribution is -2.29. The average molecular weight is 491 g/mol. The zero-order valence-corrected chi connectivity index (χ0v) is 17.2. The SMILES string of the molecule is O=C(NCC(F)c1ccc(-c2ccc(C(F)(F)F)nc2)cc1Cl)c1ccccc1C(F)(F)F. The third-order valence-corrected chi connectivity index (χ3v) is 4.97. The van der Waals surface area contributed by atoms with E-state index in [1.54, 1.807) is 0 Å². The molecular formula is C22H14ClF7N2O. The number of nitrogens with zero attached hydrogens (tertiary/aromatic N) is 1. The van der Waals surface area contributed by atoms with Gasteiger partial charge in [0.05, 0.1) is 17.7 Å². The second-order valence-electron chi connectivity index (χ2n) is 6.89. The summed E-state index contributed by atoms with van der Waals surface area (Å²) in [6.07, 6.45) is -10.2.